The summed E-state index contributed by atoms with van der Waals surface area (Å²) in [5.74, 6) is 0.641. The molecule has 2 bridgehead atoms. The first-order chi connectivity index (χ1) is 10.8. The van der Waals surface area contributed by atoms with Crippen molar-refractivity contribution < 1.29 is 9.53 Å². The number of rotatable bonds is 5. The number of nitrogens with one attached hydrogen (secondary N) is 2. The summed E-state index contributed by atoms with van der Waals surface area (Å²) in [4.78, 5) is 12.3. The molecule has 0 aromatic heterocycles. The fraction of sp³-hybridized carbons (Fsp3) is 0.611. The minimum atomic E-state index is -0.0195. The van der Waals surface area contributed by atoms with Crippen molar-refractivity contribution in [2.45, 2.75) is 62.8 Å². The maximum atomic E-state index is 12.3. The van der Waals surface area contributed by atoms with Gasteiger partial charge in [0.15, 0.2) is 0 Å². The molecule has 0 spiro atoms. The van der Waals surface area contributed by atoms with Crippen LogP contribution in [0.25, 0.3) is 0 Å². The smallest absolute Gasteiger partial charge is 0.315 e. The molecular formula is C18H24N2O2. The monoisotopic (exact) mass is 300 g/mol. The summed E-state index contributed by atoms with van der Waals surface area (Å²) in [6.45, 7) is 0. The molecule has 2 aliphatic heterocycles. The van der Waals surface area contributed by atoms with Crippen LogP contribution in [0.4, 0.5) is 4.79 Å². The molecule has 1 saturated carbocycles. The van der Waals surface area contributed by atoms with Gasteiger partial charge in [-0.1, -0.05) is 30.3 Å². The number of hydrogen-bond acceptors (Lipinski definition) is 2. The minimum Gasteiger partial charge on any atom is -0.373 e. The Balaban J connectivity index is 1.32. The number of urea groups is 1. The minimum absolute atomic E-state index is 0.0195. The molecule has 2 amide bonds. The summed E-state index contributed by atoms with van der Waals surface area (Å²) in [5, 5.41) is 6.34. The average Bonchev–Trinajstić information content (AvgIpc) is 3.17. The van der Waals surface area contributed by atoms with Crippen LogP contribution in [0.2, 0.25) is 0 Å². The second-order valence-electron chi connectivity index (χ2n) is 6.97. The third-order valence-electron chi connectivity index (χ3n) is 5.23. The van der Waals surface area contributed by atoms with Gasteiger partial charge in [-0.3, -0.25) is 0 Å². The summed E-state index contributed by atoms with van der Waals surface area (Å²) in [6, 6.07) is 10.9. The molecule has 2 N–H and O–H groups in total. The average molecular weight is 300 g/mol. The van der Waals surface area contributed by atoms with Crippen LogP contribution in [0, 0.1) is 5.92 Å². The summed E-state index contributed by atoms with van der Waals surface area (Å²) < 4.78 is 5.80. The highest BCUT2D eigenvalue weighted by Gasteiger charge is 2.42. The van der Waals surface area contributed by atoms with E-state index in [0.717, 1.165) is 25.7 Å². The molecule has 4 atom stereocenters. The number of benzene rings is 1. The van der Waals surface area contributed by atoms with Crippen LogP contribution < -0.4 is 10.6 Å². The highest BCUT2D eigenvalue weighted by Crippen LogP contribution is 2.35. The van der Waals surface area contributed by atoms with Gasteiger partial charge in [0, 0.05) is 6.04 Å². The van der Waals surface area contributed by atoms with Crippen LogP contribution in [-0.4, -0.2) is 30.3 Å². The van der Waals surface area contributed by atoms with Gasteiger partial charge in [-0.2, -0.15) is 0 Å². The van der Waals surface area contributed by atoms with Crippen LogP contribution in [0.3, 0.4) is 0 Å². The van der Waals surface area contributed by atoms with Gasteiger partial charge in [-0.05, 0) is 50.0 Å². The molecule has 2 saturated heterocycles. The maximum Gasteiger partial charge on any atom is 0.315 e. The first-order valence-electron chi connectivity index (χ1n) is 8.54. The van der Waals surface area contributed by atoms with Gasteiger partial charge < -0.3 is 15.4 Å². The molecule has 22 heavy (non-hydrogen) atoms. The zero-order valence-corrected chi connectivity index (χ0v) is 12.8. The van der Waals surface area contributed by atoms with Crippen LogP contribution in [0.1, 0.15) is 37.7 Å². The van der Waals surface area contributed by atoms with E-state index in [4.69, 9.17) is 4.74 Å². The van der Waals surface area contributed by atoms with Crippen molar-refractivity contribution in [3.63, 3.8) is 0 Å². The van der Waals surface area contributed by atoms with Crippen molar-refractivity contribution in [1.29, 1.82) is 0 Å². The van der Waals surface area contributed by atoms with Crippen molar-refractivity contribution >= 4 is 6.03 Å². The Hall–Kier alpha value is -1.55. The van der Waals surface area contributed by atoms with E-state index < -0.39 is 0 Å². The van der Waals surface area contributed by atoms with Crippen molar-refractivity contribution in [3.8, 4) is 0 Å². The Morgan fingerprint density at radius 2 is 2.00 bits per heavy atom. The van der Waals surface area contributed by atoms with E-state index in [-0.39, 0.29) is 24.2 Å². The van der Waals surface area contributed by atoms with Crippen LogP contribution in [0.15, 0.2) is 30.3 Å². The van der Waals surface area contributed by atoms with E-state index in [1.165, 1.54) is 18.4 Å². The molecule has 4 nitrogen and oxygen atoms in total. The van der Waals surface area contributed by atoms with E-state index in [2.05, 4.69) is 34.9 Å². The van der Waals surface area contributed by atoms with E-state index in [0.29, 0.717) is 12.0 Å². The number of amides is 2. The third-order valence-corrected chi connectivity index (χ3v) is 5.23. The second kappa shape index (κ2) is 5.92. The van der Waals surface area contributed by atoms with Crippen LogP contribution in [0.5, 0.6) is 0 Å². The number of fused-ring (bicyclic) bond motifs is 2. The van der Waals surface area contributed by atoms with Crippen LogP contribution >= 0.6 is 0 Å². The molecule has 4 rings (SSSR count). The Bertz CT molecular complexity index is 529. The van der Waals surface area contributed by atoms with E-state index >= 15 is 0 Å². The van der Waals surface area contributed by atoms with Crippen molar-refractivity contribution in [3.05, 3.63) is 35.9 Å². The quantitative estimate of drug-likeness (QED) is 0.878. The highest BCUT2D eigenvalue weighted by molar-refractivity contribution is 5.74. The Morgan fingerprint density at radius 3 is 2.64 bits per heavy atom. The SMILES string of the molecule is O=C(N[C@H]1C[C@H]2CC[C@H]1O2)N[C@H](Cc1ccccc1)C1CC1. The lowest BCUT2D eigenvalue weighted by Crippen LogP contribution is -2.50. The van der Waals surface area contributed by atoms with Gasteiger partial charge in [-0.15, -0.1) is 0 Å². The third kappa shape index (κ3) is 3.12. The number of carbonyl (C=O) groups is 1. The Kier molecular flexibility index (Phi) is 3.78. The Labute approximate surface area is 131 Å². The molecule has 2 heterocycles. The lowest BCUT2D eigenvalue weighted by atomic mass is 9.95. The van der Waals surface area contributed by atoms with Crippen molar-refractivity contribution in [2.75, 3.05) is 0 Å². The first-order valence-corrected chi connectivity index (χ1v) is 8.54. The molecule has 0 radical (unpaired) electrons. The first kappa shape index (κ1) is 14.1. The van der Waals surface area contributed by atoms with Gasteiger partial charge >= 0.3 is 6.03 Å². The fourth-order valence-corrected chi connectivity index (χ4v) is 3.87. The maximum absolute atomic E-state index is 12.3. The molecule has 1 aromatic rings. The lowest BCUT2D eigenvalue weighted by molar-refractivity contribution is 0.0980. The summed E-state index contributed by atoms with van der Waals surface area (Å²) in [5.41, 5.74) is 1.29. The number of hydrogen-bond donors (Lipinski definition) is 2. The molecule has 1 aliphatic carbocycles. The normalized spacial score (nSPS) is 31.0. The van der Waals surface area contributed by atoms with E-state index in [1.807, 2.05) is 6.07 Å². The zero-order valence-electron chi connectivity index (χ0n) is 12.8. The predicted molar refractivity (Wildman–Crippen MR) is 84.6 cm³/mol. The fourth-order valence-electron chi connectivity index (χ4n) is 3.87. The van der Waals surface area contributed by atoms with Crippen molar-refractivity contribution in [1.82, 2.24) is 10.6 Å². The van der Waals surface area contributed by atoms with Gasteiger partial charge in [0.25, 0.3) is 0 Å². The summed E-state index contributed by atoms with van der Waals surface area (Å²) in [6.07, 6.45) is 7.22. The van der Waals surface area contributed by atoms with Gasteiger partial charge in [0.05, 0.1) is 18.2 Å². The van der Waals surface area contributed by atoms with E-state index in [9.17, 15) is 4.79 Å². The Morgan fingerprint density at radius 1 is 1.18 bits per heavy atom. The predicted octanol–water partition coefficient (Wildman–Crippen LogP) is 2.63. The number of ether oxygens (including phenoxy) is 1. The molecular weight excluding hydrogens is 276 g/mol. The standard InChI is InChI=1S/C18H24N2O2/c21-18(20-16-11-14-8-9-17(16)22-14)19-15(13-6-7-13)10-12-4-2-1-3-5-12/h1-5,13-17H,6-11H2,(H2,19,20,21)/t14-,15-,16+,17-/m1/s1. The van der Waals surface area contributed by atoms with Gasteiger partial charge in [0.1, 0.15) is 0 Å². The summed E-state index contributed by atoms with van der Waals surface area (Å²) in [7, 11) is 0. The molecule has 118 valence electrons. The van der Waals surface area contributed by atoms with Crippen LogP contribution in [-0.2, 0) is 11.2 Å². The van der Waals surface area contributed by atoms with Crippen molar-refractivity contribution in [2.24, 2.45) is 5.92 Å². The highest BCUT2D eigenvalue weighted by atomic mass is 16.5. The largest absolute Gasteiger partial charge is 0.373 e. The topological polar surface area (TPSA) is 50.4 Å². The summed E-state index contributed by atoms with van der Waals surface area (Å²) >= 11 is 0. The zero-order chi connectivity index (χ0) is 14.9. The van der Waals surface area contributed by atoms with Gasteiger partial charge in [0.2, 0.25) is 0 Å². The number of carbonyl (C=O) groups excluding carboxylic acids is 1. The molecule has 0 unspecified atom stereocenters. The van der Waals surface area contributed by atoms with E-state index in [1.54, 1.807) is 0 Å². The lowest BCUT2D eigenvalue weighted by Gasteiger charge is -2.23. The van der Waals surface area contributed by atoms with Gasteiger partial charge in [-0.25, -0.2) is 4.79 Å². The molecule has 1 aromatic carbocycles. The molecule has 3 fully saturated rings. The molecule has 4 heteroatoms. The molecule has 3 aliphatic rings. The second-order valence-corrected chi connectivity index (χ2v) is 6.97.